The quantitative estimate of drug-likeness (QED) is 0.403. The van der Waals surface area contributed by atoms with Gasteiger partial charge < -0.3 is 14.0 Å². The van der Waals surface area contributed by atoms with E-state index in [9.17, 15) is 9.59 Å². The lowest BCUT2D eigenvalue weighted by atomic mass is 10.1. The van der Waals surface area contributed by atoms with Crippen molar-refractivity contribution in [2.24, 2.45) is 0 Å². The number of rotatable bonds is 3. The molecule has 0 bridgehead atoms. The van der Waals surface area contributed by atoms with Crippen LogP contribution in [0.4, 0.5) is 15.4 Å². The van der Waals surface area contributed by atoms with Crippen molar-refractivity contribution in [2.45, 2.75) is 66.2 Å². The summed E-state index contributed by atoms with van der Waals surface area (Å²) in [5.74, 6) is 0.235. The molecule has 0 spiro atoms. The average Bonchev–Trinajstić information content (AvgIpc) is 3.25. The van der Waals surface area contributed by atoms with E-state index in [4.69, 9.17) is 9.47 Å². The lowest BCUT2D eigenvalue weighted by molar-refractivity contribution is 0.0513. The zero-order valence-corrected chi connectivity index (χ0v) is 21.8. The zero-order chi connectivity index (χ0) is 24.7. The van der Waals surface area contributed by atoms with Crippen molar-refractivity contribution in [2.75, 3.05) is 11.9 Å². The number of amides is 1. The molecule has 3 aromatic rings. The molecule has 33 heavy (non-hydrogen) atoms. The maximum atomic E-state index is 13.0. The Morgan fingerprint density at radius 2 is 1.73 bits per heavy atom. The van der Waals surface area contributed by atoms with Gasteiger partial charge in [-0.05, 0) is 70.5 Å². The van der Waals surface area contributed by atoms with Crippen LogP contribution in [0.3, 0.4) is 0 Å². The van der Waals surface area contributed by atoms with Gasteiger partial charge in [0.25, 0.3) is 0 Å². The van der Waals surface area contributed by atoms with Crippen molar-refractivity contribution < 1.29 is 19.1 Å². The molecule has 0 fully saturated rings. The summed E-state index contributed by atoms with van der Waals surface area (Å²) in [7, 11) is 1.53. The van der Waals surface area contributed by atoms with E-state index in [0.717, 1.165) is 27.7 Å². The van der Waals surface area contributed by atoms with Gasteiger partial charge in [0.2, 0.25) is 0 Å². The third-order valence-corrected chi connectivity index (χ3v) is 5.05. The van der Waals surface area contributed by atoms with E-state index in [2.05, 4.69) is 26.0 Å². The molecule has 178 valence electrons. The highest BCUT2D eigenvalue weighted by Crippen LogP contribution is 2.33. The topological polar surface area (TPSA) is 91.5 Å². The molecule has 3 aromatic heterocycles. The van der Waals surface area contributed by atoms with Crippen molar-refractivity contribution in [1.29, 1.82) is 0 Å². The Morgan fingerprint density at radius 3 is 2.30 bits per heavy atom. The summed E-state index contributed by atoms with van der Waals surface area (Å²) < 4.78 is 14.9. The summed E-state index contributed by atoms with van der Waals surface area (Å²) in [6.07, 6.45) is 2.44. The Balaban J connectivity index is 2.16. The van der Waals surface area contributed by atoms with E-state index in [-0.39, 0.29) is 5.82 Å². The molecule has 0 unspecified atom stereocenters. The lowest BCUT2D eigenvalue weighted by Gasteiger charge is -2.25. The van der Waals surface area contributed by atoms with Crippen LogP contribution in [0.5, 0.6) is 0 Å². The predicted molar refractivity (Wildman–Crippen MR) is 131 cm³/mol. The van der Waals surface area contributed by atoms with E-state index in [1.165, 1.54) is 11.9 Å². The van der Waals surface area contributed by atoms with E-state index < -0.39 is 23.4 Å². The van der Waals surface area contributed by atoms with Crippen molar-refractivity contribution >= 4 is 44.8 Å². The fourth-order valence-corrected chi connectivity index (χ4v) is 3.56. The molecule has 9 nitrogen and oxygen atoms in total. The number of carbonyl (C=O) groups is 2. The number of nitrogens with zero attached hydrogens (tertiary/aromatic N) is 5. The number of carbonyl (C=O) groups excluding carboxylic acids is 2. The summed E-state index contributed by atoms with van der Waals surface area (Å²) in [6.45, 7) is 13.4. The molecule has 0 aliphatic rings. The van der Waals surface area contributed by atoms with Gasteiger partial charge in [0, 0.05) is 36.8 Å². The van der Waals surface area contributed by atoms with E-state index in [1.54, 1.807) is 53.8 Å². The van der Waals surface area contributed by atoms with Crippen LogP contribution in [0.2, 0.25) is 0 Å². The highest BCUT2D eigenvalue weighted by molar-refractivity contribution is 9.10. The van der Waals surface area contributed by atoms with Gasteiger partial charge in [-0.15, -0.1) is 4.68 Å². The molecular formula is C23H30BrN5O4. The third kappa shape index (κ3) is 5.55. The van der Waals surface area contributed by atoms with Crippen LogP contribution in [-0.4, -0.2) is 49.8 Å². The first-order valence-corrected chi connectivity index (χ1v) is 11.4. The maximum Gasteiger partial charge on any atom is 0.437 e. The zero-order valence-electron chi connectivity index (χ0n) is 20.3. The highest BCUT2D eigenvalue weighted by atomic mass is 79.9. The van der Waals surface area contributed by atoms with Crippen molar-refractivity contribution in [3.05, 3.63) is 29.1 Å². The van der Waals surface area contributed by atoms with Gasteiger partial charge in [0.15, 0.2) is 0 Å². The minimum absolute atomic E-state index is 0.235. The largest absolute Gasteiger partial charge is 0.443 e. The molecular weight excluding hydrogens is 490 g/mol. The molecule has 0 radical (unpaired) electrons. The van der Waals surface area contributed by atoms with Gasteiger partial charge >= 0.3 is 12.2 Å². The van der Waals surface area contributed by atoms with Gasteiger partial charge in [-0.1, -0.05) is 0 Å². The van der Waals surface area contributed by atoms with Crippen LogP contribution in [0.25, 0.3) is 22.2 Å². The summed E-state index contributed by atoms with van der Waals surface area (Å²) in [5.41, 5.74) is 0.820. The smallest absolute Gasteiger partial charge is 0.437 e. The summed E-state index contributed by atoms with van der Waals surface area (Å²) >= 11 is 3.43. The van der Waals surface area contributed by atoms with Crippen LogP contribution in [-0.2, 0) is 16.0 Å². The predicted octanol–water partition coefficient (Wildman–Crippen LogP) is 5.84. The highest BCUT2D eigenvalue weighted by Gasteiger charge is 2.29. The van der Waals surface area contributed by atoms with E-state index >= 15 is 0 Å². The van der Waals surface area contributed by atoms with Crippen LogP contribution in [0, 0.1) is 0 Å². The van der Waals surface area contributed by atoms with Gasteiger partial charge in [-0.3, -0.25) is 4.90 Å². The molecule has 0 aliphatic carbocycles. The third-order valence-electron chi connectivity index (χ3n) is 4.62. The van der Waals surface area contributed by atoms with Gasteiger partial charge in [-0.25, -0.2) is 14.6 Å². The van der Waals surface area contributed by atoms with Crippen LogP contribution < -0.4 is 4.90 Å². The Morgan fingerprint density at radius 1 is 1.09 bits per heavy atom. The number of halogens is 1. The number of ether oxygens (including phenoxy) is 2. The van der Waals surface area contributed by atoms with E-state index in [0.29, 0.717) is 10.3 Å². The second-order valence-corrected chi connectivity index (χ2v) is 10.5. The first-order chi connectivity index (χ1) is 15.2. The minimum Gasteiger partial charge on any atom is -0.443 e. The van der Waals surface area contributed by atoms with E-state index in [1.807, 2.05) is 23.8 Å². The molecule has 1 amide bonds. The average molecular weight is 520 g/mol. The number of anilines is 1. The molecule has 0 atom stereocenters. The molecule has 0 aliphatic heterocycles. The van der Waals surface area contributed by atoms with Crippen molar-refractivity contribution in [3.63, 3.8) is 0 Å². The Hall–Kier alpha value is -2.88. The second-order valence-electron chi connectivity index (χ2n) is 9.67. The monoisotopic (exact) mass is 519 g/mol. The molecule has 0 saturated heterocycles. The van der Waals surface area contributed by atoms with Gasteiger partial charge in [-0.2, -0.15) is 5.10 Å². The van der Waals surface area contributed by atoms with Crippen LogP contribution in [0.15, 0.2) is 29.1 Å². The standard InChI is InChI=1S/C23H30BrN5O4/c1-9-28-13-15(14-10-18(24)25-12-17(14)28)16-11-19(27(8)20(30)32-22(2,3)4)29(26-16)21(31)33-23(5,6)7/h10-13H,9H2,1-8H3. The molecule has 0 saturated carbocycles. The minimum atomic E-state index is -0.736. The maximum absolute atomic E-state index is 13.0. The van der Waals surface area contributed by atoms with Gasteiger partial charge in [0.1, 0.15) is 21.6 Å². The van der Waals surface area contributed by atoms with Crippen molar-refractivity contribution in [3.8, 4) is 11.3 Å². The Kier molecular flexibility index (Phi) is 6.61. The summed E-state index contributed by atoms with van der Waals surface area (Å²) in [4.78, 5) is 31.3. The number of fused-ring (bicyclic) bond motifs is 1. The summed E-state index contributed by atoms with van der Waals surface area (Å²) in [5, 5.41) is 5.45. The first kappa shape index (κ1) is 24.8. The molecule has 0 N–H and O–H groups in total. The van der Waals surface area contributed by atoms with Crippen molar-refractivity contribution in [1.82, 2.24) is 19.3 Å². The molecule has 10 heteroatoms. The normalized spacial score (nSPS) is 12.2. The number of aromatic nitrogens is 4. The fraction of sp³-hybridized carbons (Fsp3) is 0.478. The lowest BCUT2D eigenvalue weighted by Crippen LogP contribution is -2.37. The Labute approximate surface area is 201 Å². The number of hydrogen-bond donors (Lipinski definition) is 0. The fourth-order valence-electron chi connectivity index (χ4n) is 3.23. The number of hydrogen-bond acceptors (Lipinski definition) is 6. The SMILES string of the molecule is CCn1cc(-c2cc(N(C)C(=O)OC(C)(C)C)n(C(=O)OC(C)(C)C)n2)c2cc(Br)ncc21. The molecule has 3 heterocycles. The molecule has 3 rings (SSSR count). The molecule has 0 aromatic carbocycles. The second kappa shape index (κ2) is 8.81. The van der Waals surface area contributed by atoms with Crippen LogP contribution >= 0.6 is 15.9 Å². The van der Waals surface area contributed by atoms with Crippen LogP contribution in [0.1, 0.15) is 48.5 Å². The number of pyridine rings is 1. The first-order valence-electron chi connectivity index (χ1n) is 10.6. The summed E-state index contributed by atoms with van der Waals surface area (Å²) in [6, 6.07) is 3.58. The van der Waals surface area contributed by atoms with Gasteiger partial charge in [0.05, 0.1) is 17.4 Å². The Bertz CT molecular complexity index is 1200. The number of aryl methyl sites for hydroxylation is 1.